The van der Waals surface area contributed by atoms with E-state index in [-0.39, 0.29) is 18.3 Å². The van der Waals surface area contributed by atoms with Gasteiger partial charge in [0.05, 0.1) is 17.7 Å². The molecule has 0 unspecified atom stereocenters. The van der Waals surface area contributed by atoms with Gasteiger partial charge in [0.15, 0.2) is 0 Å². The lowest BCUT2D eigenvalue weighted by Crippen LogP contribution is -2.34. The van der Waals surface area contributed by atoms with Crippen LogP contribution >= 0.6 is 12.4 Å². The van der Waals surface area contributed by atoms with Gasteiger partial charge >= 0.3 is 6.18 Å². The van der Waals surface area contributed by atoms with Crippen molar-refractivity contribution in [2.24, 2.45) is 11.7 Å². The second-order valence-electron chi connectivity index (χ2n) is 5.53. The number of nitrogens with two attached hydrogens (primary N) is 1. The first kappa shape index (κ1) is 18.3. The fourth-order valence-electron chi connectivity index (χ4n) is 2.86. The van der Waals surface area contributed by atoms with E-state index in [2.05, 4.69) is 0 Å². The molecule has 0 amide bonds. The molecule has 1 aromatic rings. The number of hydrogen-bond donors (Lipinski definition) is 2. The van der Waals surface area contributed by atoms with E-state index >= 15 is 0 Å². The largest absolute Gasteiger partial charge is 0.416 e. The molecule has 0 radical (unpaired) electrons. The number of halogens is 4. The normalized spacial score (nSPS) is 19.7. The number of aliphatic hydroxyl groups is 1. The Morgan fingerprint density at radius 1 is 1.05 bits per heavy atom. The zero-order valence-electron chi connectivity index (χ0n) is 11.6. The zero-order valence-corrected chi connectivity index (χ0v) is 12.5. The molecular weight excluding hydrogens is 303 g/mol. The first-order chi connectivity index (χ1) is 9.39. The summed E-state index contributed by atoms with van der Waals surface area (Å²) >= 11 is 0. The van der Waals surface area contributed by atoms with Gasteiger partial charge < -0.3 is 10.8 Å². The maximum absolute atomic E-state index is 12.5. The third-order valence-electron chi connectivity index (χ3n) is 4.12. The molecule has 1 aliphatic carbocycles. The van der Waals surface area contributed by atoms with Crippen LogP contribution in [0, 0.1) is 5.92 Å². The van der Waals surface area contributed by atoms with Crippen LogP contribution in [0.2, 0.25) is 0 Å². The molecule has 0 heterocycles. The summed E-state index contributed by atoms with van der Waals surface area (Å²) in [6.07, 6.45) is 0.198. The van der Waals surface area contributed by atoms with Crippen LogP contribution in [0.15, 0.2) is 24.3 Å². The molecule has 120 valence electrons. The Kier molecular flexibility index (Phi) is 6.50. The van der Waals surface area contributed by atoms with Crippen LogP contribution in [0.5, 0.6) is 0 Å². The quantitative estimate of drug-likeness (QED) is 0.881. The second-order valence-corrected chi connectivity index (χ2v) is 5.53. The van der Waals surface area contributed by atoms with Crippen LogP contribution in [0.25, 0.3) is 0 Å². The molecule has 1 saturated carbocycles. The molecule has 2 nitrogen and oxygen atoms in total. The third kappa shape index (κ3) is 4.59. The topological polar surface area (TPSA) is 46.2 Å². The molecule has 0 aromatic heterocycles. The number of hydrogen-bond acceptors (Lipinski definition) is 2. The highest BCUT2D eigenvalue weighted by Gasteiger charge is 2.31. The smallest absolute Gasteiger partial charge is 0.391 e. The van der Waals surface area contributed by atoms with E-state index in [1.807, 2.05) is 0 Å². The summed E-state index contributed by atoms with van der Waals surface area (Å²) in [6, 6.07) is 4.13. The van der Waals surface area contributed by atoms with Crippen LogP contribution in [-0.4, -0.2) is 11.2 Å². The van der Waals surface area contributed by atoms with E-state index in [1.54, 1.807) is 0 Å². The summed E-state index contributed by atoms with van der Waals surface area (Å²) in [5.74, 6) is 0.154. The van der Waals surface area contributed by atoms with Gasteiger partial charge in [-0.2, -0.15) is 13.2 Å². The van der Waals surface area contributed by atoms with Crippen LogP contribution in [0.4, 0.5) is 13.2 Å². The Morgan fingerprint density at radius 3 is 2.05 bits per heavy atom. The van der Waals surface area contributed by atoms with Gasteiger partial charge in [-0.3, -0.25) is 0 Å². The van der Waals surface area contributed by atoms with E-state index in [9.17, 15) is 18.3 Å². The van der Waals surface area contributed by atoms with Gasteiger partial charge in [-0.1, -0.05) is 31.4 Å². The van der Waals surface area contributed by atoms with Gasteiger partial charge in [0.1, 0.15) is 0 Å². The number of benzene rings is 1. The molecule has 0 saturated heterocycles. The first-order valence-electron chi connectivity index (χ1n) is 7.00. The molecule has 0 spiro atoms. The molecule has 6 heteroatoms. The van der Waals surface area contributed by atoms with Gasteiger partial charge in [0, 0.05) is 0 Å². The van der Waals surface area contributed by atoms with Gasteiger partial charge in [0.25, 0.3) is 0 Å². The van der Waals surface area contributed by atoms with Crippen molar-refractivity contribution in [1.82, 2.24) is 0 Å². The van der Waals surface area contributed by atoms with Crippen molar-refractivity contribution >= 4 is 12.4 Å². The van der Waals surface area contributed by atoms with Gasteiger partial charge in [-0.05, 0) is 36.5 Å². The summed E-state index contributed by atoms with van der Waals surface area (Å²) in [5.41, 5.74) is 5.86. The first-order valence-corrected chi connectivity index (χ1v) is 7.00. The minimum atomic E-state index is -4.34. The van der Waals surface area contributed by atoms with E-state index in [4.69, 9.17) is 5.73 Å². The van der Waals surface area contributed by atoms with Crippen molar-refractivity contribution in [1.29, 1.82) is 0 Å². The third-order valence-corrected chi connectivity index (χ3v) is 4.12. The maximum Gasteiger partial charge on any atom is 0.416 e. The highest BCUT2D eigenvalue weighted by atomic mass is 35.5. The summed E-state index contributed by atoms with van der Waals surface area (Å²) in [6.45, 7) is 0. The lowest BCUT2D eigenvalue weighted by atomic mass is 9.81. The van der Waals surface area contributed by atoms with E-state index in [0.29, 0.717) is 5.56 Å². The Morgan fingerprint density at radius 2 is 1.57 bits per heavy atom. The summed E-state index contributed by atoms with van der Waals surface area (Å²) in [5, 5.41) is 10.3. The predicted molar refractivity (Wildman–Crippen MR) is 78.2 cm³/mol. The molecular formula is C15H21ClF3NO. The lowest BCUT2D eigenvalue weighted by Gasteiger charge is -2.30. The average Bonchev–Trinajstić information content (AvgIpc) is 2.46. The van der Waals surface area contributed by atoms with Crippen molar-refractivity contribution in [3.05, 3.63) is 35.4 Å². The van der Waals surface area contributed by atoms with Crippen LogP contribution in [0.3, 0.4) is 0 Å². The standard InChI is InChI=1S/C15H20F3NO.ClH/c16-15(17,18)12-8-6-10(7-9-12)13(19)14(20)11-4-2-1-3-5-11;/h6-9,11,13-14,20H,1-5,19H2;1H/t13-,14+;/m1./s1. The van der Waals surface area contributed by atoms with E-state index in [0.717, 1.165) is 37.8 Å². The van der Waals surface area contributed by atoms with Crippen LogP contribution in [0.1, 0.15) is 49.3 Å². The highest BCUT2D eigenvalue weighted by Crippen LogP contribution is 2.33. The second kappa shape index (κ2) is 7.47. The molecule has 1 aliphatic rings. The summed E-state index contributed by atoms with van der Waals surface area (Å²) < 4.78 is 37.5. The van der Waals surface area contributed by atoms with E-state index < -0.39 is 23.9 Å². The van der Waals surface area contributed by atoms with Crippen molar-refractivity contribution in [2.75, 3.05) is 0 Å². The molecule has 1 fully saturated rings. The summed E-state index contributed by atoms with van der Waals surface area (Å²) in [7, 11) is 0. The average molecular weight is 324 g/mol. The van der Waals surface area contributed by atoms with Gasteiger partial charge in [-0.15, -0.1) is 12.4 Å². The monoisotopic (exact) mass is 323 g/mol. The van der Waals surface area contributed by atoms with Crippen LogP contribution < -0.4 is 5.73 Å². The fraction of sp³-hybridized carbons (Fsp3) is 0.600. The molecule has 2 rings (SSSR count). The summed E-state index contributed by atoms with van der Waals surface area (Å²) in [4.78, 5) is 0. The molecule has 2 atom stereocenters. The van der Waals surface area contributed by atoms with Crippen LogP contribution in [-0.2, 0) is 6.18 Å². The molecule has 1 aromatic carbocycles. The van der Waals surface area contributed by atoms with Gasteiger partial charge in [-0.25, -0.2) is 0 Å². The van der Waals surface area contributed by atoms with Gasteiger partial charge in [0.2, 0.25) is 0 Å². The Bertz CT molecular complexity index is 430. The Hall–Kier alpha value is -0.780. The molecule has 0 bridgehead atoms. The lowest BCUT2D eigenvalue weighted by molar-refractivity contribution is -0.137. The SMILES string of the molecule is Cl.N[C@H](c1ccc(C(F)(F)F)cc1)[C@@H](O)C1CCCCC1. The van der Waals surface area contributed by atoms with Crippen molar-refractivity contribution in [3.63, 3.8) is 0 Å². The maximum atomic E-state index is 12.5. The fourth-order valence-corrected chi connectivity index (χ4v) is 2.86. The highest BCUT2D eigenvalue weighted by molar-refractivity contribution is 5.85. The van der Waals surface area contributed by atoms with Crippen molar-refractivity contribution in [2.45, 2.75) is 50.4 Å². The molecule has 3 N–H and O–H groups in total. The van der Waals surface area contributed by atoms with Crippen molar-refractivity contribution in [3.8, 4) is 0 Å². The number of alkyl halides is 3. The number of aliphatic hydroxyl groups excluding tert-OH is 1. The van der Waals surface area contributed by atoms with Crippen molar-refractivity contribution < 1.29 is 18.3 Å². The minimum absolute atomic E-state index is 0. The van der Waals surface area contributed by atoms with E-state index in [1.165, 1.54) is 18.6 Å². The minimum Gasteiger partial charge on any atom is -0.391 e. The molecule has 21 heavy (non-hydrogen) atoms. The Labute approximate surface area is 128 Å². The Balaban J connectivity index is 0.00000220. The zero-order chi connectivity index (χ0) is 14.8. The molecule has 0 aliphatic heterocycles. The predicted octanol–water partition coefficient (Wildman–Crippen LogP) is 4.07. The number of rotatable bonds is 3.